The highest BCUT2D eigenvalue weighted by atomic mass is 16.5. The van der Waals surface area contributed by atoms with Gasteiger partial charge in [0.1, 0.15) is 0 Å². The lowest BCUT2D eigenvalue weighted by molar-refractivity contribution is -0.141. The Labute approximate surface area is 109 Å². The molecular formula is C16H22O2. The van der Waals surface area contributed by atoms with Crippen LogP contribution in [0.2, 0.25) is 0 Å². The van der Waals surface area contributed by atoms with E-state index in [1.165, 1.54) is 44.8 Å². The molecule has 0 heterocycles. The molecule has 98 valence electrons. The number of esters is 1. The van der Waals surface area contributed by atoms with E-state index in [9.17, 15) is 4.79 Å². The molecule has 1 aliphatic rings. The Bertz CT molecular complexity index is 366. The Morgan fingerprint density at radius 3 is 2.50 bits per heavy atom. The van der Waals surface area contributed by atoms with Crippen molar-refractivity contribution in [3.05, 3.63) is 35.9 Å². The summed E-state index contributed by atoms with van der Waals surface area (Å²) in [7, 11) is 1.48. The summed E-state index contributed by atoms with van der Waals surface area (Å²) >= 11 is 0. The van der Waals surface area contributed by atoms with Gasteiger partial charge in [-0.3, -0.25) is 4.79 Å². The Kier molecular flexibility index (Phi) is 4.80. The van der Waals surface area contributed by atoms with Crippen molar-refractivity contribution in [1.82, 2.24) is 0 Å². The molecule has 0 aromatic heterocycles. The van der Waals surface area contributed by atoms with Gasteiger partial charge in [0.15, 0.2) is 0 Å². The molecule has 2 heteroatoms. The molecule has 0 aliphatic heterocycles. The summed E-state index contributed by atoms with van der Waals surface area (Å²) in [4.78, 5) is 11.6. The van der Waals surface area contributed by atoms with Gasteiger partial charge in [-0.05, 0) is 30.2 Å². The molecule has 1 aromatic rings. The SMILES string of the molecule is COC(=O)CC(c1ccccc1)C1CCCCC1. The maximum absolute atomic E-state index is 11.6. The lowest BCUT2D eigenvalue weighted by atomic mass is 9.75. The van der Waals surface area contributed by atoms with Gasteiger partial charge in [-0.25, -0.2) is 0 Å². The van der Waals surface area contributed by atoms with E-state index in [0.717, 1.165) is 0 Å². The van der Waals surface area contributed by atoms with E-state index in [1.807, 2.05) is 6.07 Å². The maximum Gasteiger partial charge on any atom is 0.306 e. The van der Waals surface area contributed by atoms with Crippen molar-refractivity contribution in [3.63, 3.8) is 0 Å². The van der Waals surface area contributed by atoms with Gasteiger partial charge in [0.05, 0.1) is 13.5 Å². The van der Waals surface area contributed by atoms with Crippen LogP contribution in [0, 0.1) is 5.92 Å². The quantitative estimate of drug-likeness (QED) is 0.753. The second-order valence-corrected chi connectivity index (χ2v) is 5.20. The summed E-state index contributed by atoms with van der Waals surface area (Å²) in [6.07, 6.45) is 6.96. The first-order chi connectivity index (χ1) is 8.81. The molecule has 1 aromatic carbocycles. The normalized spacial score (nSPS) is 18.3. The van der Waals surface area contributed by atoms with Crippen molar-refractivity contribution in [3.8, 4) is 0 Å². The molecule has 0 saturated heterocycles. The fourth-order valence-electron chi connectivity index (χ4n) is 3.06. The van der Waals surface area contributed by atoms with Crippen LogP contribution in [-0.2, 0) is 9.53 Å². The average molecular weight is 246 g/mol. The summed E-state index contributed by atoms with van der Waals surface area (Å²) in [6, 6.07) is 10.4. The molecule has 18 heavy (non-hydrogen) atoms. The summed E-state index contributed by atoms with van der Waals surface area (Å²) in [5, 5.41) is 0. The first kappa shape index (κ1) is 13.1. The van der Waals surface area contributed by atoms with Gasteiger partial charge in [-0.1, -0.05) is 49.6 Å². The summed E-state index contributed by atoms with van der Waals surface area (Å²) in [5.74, 6) is 0.883. The monoisotopic (exact) mass is 246 g/mol. The van der Waals surface area contributed by atoms with Crippen LogP contribution in [0.5, 0.6) is 0 Å². The topological polar surface area (TPSA) is 26.3 Å². The van der Waals surface area contributed by atoms with Gasteiger partial charge in [0, 0.05) is 0 Å². The van der Waals surface area contributed by atoms with Crippen LogP contribution in [0.15, 0.2) is 30.3 Å². The smallest absolute Gasteiger partial charge is 0.306 e. The van der Waals surface area contributed by atoms with E-state index >= 15 is 0 Å². The lowest BCUT2D eigenvalue weighted by Crippen LogP contribution is -2.20. The Morgan fingerprint density at radius 1 is 1.22 bits per heavy atom. The highest BCUT2D eigenvalue weighted by molar-refractivity contribution is 5.70. The molecular weight excluding hydrogens is 224 g/mol. The third-order valence-electron chi connectivity index (χ3n) is 4.06. The zero-order valence-electron chi connectivity index (χ0n) is 11.1. The zero-order valence-corrected chi connectivity index (χ0v) is 11.1. The van der Waals surface area contributed by atoms with Gasteiger partial charge >= 0.3 is 5.97 Å². The van der Waals surface area contributed by atoms with E-state index in [4.69, 9.17) is 4.74 Å². The number of carbonyl (C=O) groups excluding carboxylic acids is 1. The second kappa shape index (κ2) is 6.58. The first-order valence-corrected chi connectivity index (χ1v) is 6.93. The summed E-state index contributed by atoms with van der Waals surface area (Å²) < 4.78 is 4.85. The molecule has 0 spiro atoms. The highest BCUT2D eigenvalue weighted by Crippen LogP contribution is 2.38. The Hall–Kier alpha value is -1.31. The minimum absolute atomic E-state index is 0.0885. The largest absolute Gasteiger partial charge is 0.469 e. The van der Waals surface area contributed by atoms with Crippen molar-refractivity contribution in [1.29, 1.82) is 0 Å². The number of benzene rings is 1. The number of carbonyl (C=O) groups is 1. The lowest BCUT2D eigenvalue weighted by Gasteiger charge is -2.30. The molecule has 1 unspecified atom stereocenters. The van der Waals surface area contributed by atoms with E-state index in [1.54, 1.807) is 0 Å². The molecule has 1 aliphatic carbocycles. The average Bonchev–Trinajstić information content (AvgIpc) is 2.46. The minimum Gasteiger partial charge on any atom is -0.469 e. The molecule has 2 rings (SSSR count). The first-order valence-electron chi connectivity index (χ1n) is 6.93. The van der Waals surface area contributed by atoms with E-state index in [0.29, 0.717) is 18.3 Å². The number of hydrogen-bond donors (Lipinski definition) is 0. The number of ether oxygens (including phenoxy) is 1. The molecule has 0 N–H and O–H groups in total. The van der Waals surface area contributed by atoms with Crippen molar-refractivity contribution in [2.45, 2.75) is 44.4 Å². The molecule has 1 saturated carbocycles. The van der Waals surface area contributed by atoms with Gasteiger partial charge in [-0.15, -0.1) is 0 Å². The number of methoxy groups -OCH3 is 1. The predicted octanol–water partition coefficient (Wildman–Crippen LogP) is 3.91. The third kappa shape index (κ3) is 3.34. The van der Waals surface area contributed by atoms with Crippen molar-refractivity contribution in [2.75, 3.05) is 7.11 Å². The fraction of sp³-hybridized carbons (Fsp3) is 0.562. The van der Waals surface area contributed by atoms with Crippen LogP contribution in [0.25, 0.3) is 0 Å². The Morgan fingerprint density at radius 2 is 1.89 bits per heavy atom. The van der Waals surface area contributed by atoms with E-state index < -0.39 is 0 Å². The Balaban J connectivity index is 2.14. The van der Waals surface area contributed by atoms with Crippen molar-refractivity contribution < 1.29 is 9.53 Å². The van der Waals surface area contributed by atoms with Gasteiger partial charge in [0.25, 0.3) is 0 Å². The summed E-state index contributed by atoms with van der Waals surface area (Å²) in [5.41, 5.74) is 1.29. The molecule has 0 amide bonds. The van der Waals surface area contributed by atoms with Gasteiger partial charge in [0.2, 0.25) is 0 Å². The zero-order chi connectivity index (χ0) is 12.8. The van der Waals surface area contributed by atoms with E-state index in [-0.39, 0.29) is 5.97 Å². The number of hydrogen-bond acceptors (Lipinski definition) is 2. The molecule has 0 bridgehead atoms. The molecule has 2 nitrogen and oxygen atoms in total. The van der Waals surface area contributed by atoms with Gasteiger partial charge in [-0.2, -0.15) is 0 Å². The van der Waals surface area contributed by atoms with Crippen LogP contribution < -0.4 is 0 Å². The minimum atomic E-state index is -0.0885. The molecule has 1 atom stereocenters. The van der Waals surface area contributed by atoms with Crippen molar-refractivity contribution in [2.24, 2.45) is 5.92 Å². The standard InChI is InChI=1S/C16H22O2/c1-18-16(17)12-15(13-8-4-2-5-9-13)14-10-6-3-7-11-14/h2,4-5,8-9,14-15H,3,6-7,10-12H2,1H3. The third-order valence-corrected chi connectivity index (χ3v) is 4.06. The highest BCUT2D eigenvalue weighted by Gasteiger charge is 2.27. The molecule has 0 radical (unpaired) electrons. The van der Waals surface area contributed by atoms with Crippen LogP contribution >= 0.6 is 0 Å². The van der Waals surface area contributed by atoms with Crippen molar-refractivity contribution >= 4 is 5.97 Å². The maximum atomic E-state index is 11.6. The van der Waals surface area contributed by atoms with Crippen LogP contribution in [0.4, 0.5) is 0 Å². The van der Waals surface area contributed by atoms with E-state index in [2.05, 4.69) is 24.3 Å². The van der Waals surface area contributed by atoms with Crippen LogP contribution in [0.1, 0.15) is 50.0 Å². The number of rotatable bonds is 4. The van der Waals surface area contributed by atoms with Crippen LogP contribution in [-0.4, -0.2) is 13.1 Å². The fourth-order valence-corrected chi connectivity index (χ4v) is 3.06. The summed E-state index contributed by atoms with van der Waals surface area (Å²) in [6.45, 7) is 0. The van der Waals surface area contributed by atoms with Gasteiger partial charge < -0.3 is 4.74 Å². The predicted molar refractivity (Wildman–Crippen MR) is 72.4 cm³/mol. The van der Waals surface area contributed by atoms with Crippen LogP contribution in [0.3, 0.4) is 0 Å². The second-order valence-electron chi connectivity index (χ2n) is 5.20. The molecule has 1 fully saturated rings.